The molecule has 2 aliphatic rings. The van der Waals surface area contributed by atoms with Crippen LogP contribution in [0.1, 0.15) is 59.2 Å². The molecule has 2 saturated heterocycles. The standard InChI is InChI=1S/C41H37N7O4/c49-34(6-5-20-45-16-1-2-17-45)24-7-13-30-32(22-24)47-37(43-30)26-9-12-29-36-27(10-11-28(35(26)36)40(47)51)38-44-31-14-8-25(23-33(31)48(38)41(29)52)39(50)42-15-21-46-18-3-4-19-46/h7-14,22-23H,1-6,15-21H2,(H,42,50)/p+2. The average Bonchev–Trinajstić information content (AvgIpc) is 3.99. The van der Waals surface area contributed by atoms with Crippen LogP contribution in [-0.2, 0) is 0 Å². The molecular formula is C41H39N7O4+2. The van der Waals surface area contributed by atoms with Crippen LogP contribution in [0.4, 0.5) is 0 Å². The number of fused-ring (bicyclic) bond motifs is 8. The van der Waals surface area contributed by atoms with Gasteiger partial charge in [0.25, 0.3) is 17.0 Å². The lowest BCUT2D eigenvalue weighted by molar-refractivity contribution is -0.887. The Morgan fingerprint density at radius 3 is 1.71 bits per heavy atom. The lowest BCUT2D eigenvalue weighted by Crippen LogP contribution is -3.10. The first-order valence-electron chi connectivity index (χ1n) is 18.7. The van der Waals surface area contributed by atoms with Crippen LogP contribution in [0.2, 0.25) is 0 Å². The van der Waals surface area contributed by atoms with Gasteiger partial charge in [0.05, 0.1) is 67.9 Å². The van der Waals surface area contributed by atoms with Gasteiger partial charge in [-0.15, -0.1) is 0 Å². The summed E-state index contributed by atoms with van der Waals surface area (Å²) in [6, 6.07) is 18.1. The Bertz CT molecular complexity index is 2670. The van der Waals surface area contributed by atoms with Crippen molar-refractivity contribution in [1.82, 2.24) is 24.1 Å². The molecule has 2 aliphatic heterocycles. The van der Waals surface area contributed by atoms with E-state index in [9.17, 15) is 19.2 Å². The van der Waals surface area contributed by atoms with Gasteiger partial charge in [-0.1, -0.05) is 0 Å². The zero-order valence-electron chi connectivity index (χ0n) is 28.9. The van der Waals surface area contributed by atoms with Crippen LogP contribution in [0.25, 0.3) is 65.7 Å². The maximum Gasteiger partial charge on any atom is 0.264 e. The molecule has 0 radical (unpaired) electrons. The van der Waals surface area contributed by atoms with Gasteiger partial charge in [0.2, 0.25) is 0 Å². The van der Waals surface area contributed by atoms with Crippen LogP contribution in [0.5, 0.6) is 0 Å². The Hall–Kier alpha value is -5.52. The van der Waals surface area contributed by atoms with Crippen LogP contribution in [-0.4, -0.2) is 76.3 Å². The molecule has 4 aromatic carbocycles. The van der Waals surface area contributed by atoms with Gasteiger partial charge in [-0.25, -0.2) is 9.97 Å². The summed E-state index contributed by atoms with van der Waals surface area (Å²) in [5.41, 5.74) is 3.95. The second-order valence-corrected chi connectivity index (χ2v) is 14.8. The highest BCUT2D eigenvalue weighted by Gasteiger charge is 2.24. The van der Waals surface area contributed by atoms with E-state index in [1.165, 1.54) is 43.7 Å². The number of carbonyl (C=O) groups excluding carboxylic acids is 2. The normalized spacial score (nSPS) is 16.0. The van der Waals surface area contributed by atoms with Crippen molar-refractivity contribution in [1.29, 1.82) is 0 Å². The number of hydrogen-bond acceptors (Lipinski definition) is 6. The Morgan fingerprint density at radius 2 is 1.13 bits per heavy atom. The first kappa shape index (κ1) is 31.2. The molecule has 0 spiro atoms. The van der Waals surface area contributed by atoms with Crippen LogP contribution in [0, 0.1) is 0 Å². The minimum Gasteiger partial charge on any atom is -0.346 e. The predicted octanol–water partition coefficient (Wildman–Crippen LogP) is 2.39. The number of quaternary nitrogens is 2. The van der Waals surface area contributed by atoms with Crippen molar-refractivity contribution >= 4 is 77.4 Å². The van der Waals surface area contributed by atoms with Gasteiger partial charge in [-0.2, -0.15) is 0 Å². The number of ketones is 1. The third-order valence-electron chi connectivity index (χ3n) is 11.7. The number of amides is 1. The third kappa shape index (κ3) is 4.79. The van der Waals surface area contributed by atoms with Crippen molar-refractivity contribution in [3.8, 4) is 0 Å². The van der Waals surface area contributed by atoms with Crippen molar-refractivity contribution in [2.45, 2.75) is 38.5 Å². The molecule has 11 nitrogen and oxygen atoms in total. The van der Waals surface area contributed by atoms with Crippen molar-refractivity contribution in [2.75, 3.05) is 45.8 Å². The number of pyridine rings is 2. The summed E-state index contributed by atoms with van der Waals surface area (Å²) in [4.78, 5) is 67.9. The van der Waals surface area contributed by atoms with E-state index in [4.69, 9.17) is 9.97 Å². The number of nitrogens with zero attached hydrogens (tertiary/aromatic N) is 4. The van der Waals surface area contributed by atoms with Crippen LogP contribution in [0.15, 0.2) is 70.3 Å². The number of rotatable bonds is 9. The number of Topliss-reactive ketones (excluding diaryl/α,β-unsaturated/α-hetero) is 1. The number of likely N-dealkylation sites (tertiary alicyclic amines) is 2. The van der Waals surface area contributed by atoms with Gasteiger partial charge in [0.1, 0.15) is 11.3 Å². The van der Waals surface area contributed by atoms with Crippen molar-refractivity contribution in [2.24, 2.45) is 0 Å². The van der Waals surface area contributed by atoms with Gasteiger partial charge in [-0.3, -0.25) is 28.0 Å². The van der Waals surface area contributed by atoms with E-state index in [1.807, 2.05) is 24.3 Å². The molecular weight excluding hydrogens is 654 g/mol. The van der Waals surface area contributed by atoms with E-state index in [0.29, 0.717) is 79.0 Å². The maximum absolute atomic E-state index is 14.3. The zero-order chi connectivity index (χ0) is 35.1. The van der Waals surface area contributed by atoms with Gasteiger partial charge < -0.3 is 15.1 Å². The van der Waals surface area contributed by atoms with Gasteiger partial charge in [0.15, 0.2) is 5.78 Å². The molecule has 4 aromatic heterocycles. The number of carbonyl (C=O) groups is 2. The monoisotopic (exact) mass is 693 g/mol. The van der Waals surface area contributed by atoms with Crippen molar-refractivity contribution < 1.29 is 19.4 Å². The Labute approximate surface area is 297 Å². The number of nitrogens with one attached hydrogen (secondary N) is 3. The fraction of sp³-hybridized carbons (Fsp3) is 0.317. The summed E-state index contributed by atoms with van der Waals surface area (Å²) in [5.74, 6) is -0.0969. The zero-order valence-corrected chi connectivity index (χ0v) is 28.9. The van der Waals surface area contributed by atoms with E-state index >= 15 is 0 Å². The number of benzene rings is 4. The van der Waals surface area contributed by atoms with Crippen LogP contribution < -0.4 is 26.2 Å². The smallest absolute Gasteiger partial charge is 0.264 e. The second kappa shape index (κ2) is 12.0. The predicted molar refractivity (Wildman–Crippen MR) is 202 cm³/mol. The first-order valence-corrected chi connectivity index (χ1v) is 18.7. The van der Waals surface area contributed by atoms with Crippen LogP contribution in [0.3, 0.4) is 0 Å². The highest BCUT2D eigenvalue weighted by Crippen LogP contribution is 2.37. The highest BCUT2D eigenvalue weighted by atomic mass is 16.2. The summed E-state index contributed by atoms with van der Waals surface area (Å²) in [6.45, 7) is 7.20. The molecule has 6 heterocycles. The molecule has 11 heteroatoms. The van der Waals surface area contributed by atoms with Gasteiger partial charge >= 0.3 is 0 Å². The lowest BCUT2D eigenvalue weighted by atomic mass is 9.96. The van der Waals surface area contributed by atoms with E-state index in [1.54, 1.807) is 50.1 Å². The first-order chi connectivity index (χ1) is 25.4. The Kier molecular flexibility index (Phi) is 7.23. The lowest BCUT2D eigenvalue weighted by Gasteiger charge is -2.12. The van der Waals surface area contributed by atoms with Crippen molar-refractivity contribution in [3.05, 3.63) is 92.5 Å². The summed E-state index contributed by atoms with van der Waals surface area (Å²) in [6.07, 6.45) is 6.32. The third-order valence-corrected chi connectivity index (χ3v) is 11.7. The Balaban J connectivity index is 1.06. The molecule has 260 valence electrons. The average molecular weight is 694 g/mol. The molecule has 0 atom stereocenters. The largest absolute Gasteiger partial charge is 0.346 e. The van der Waals surface area contributed by atoms with E-state index in [0.717, 1.165) is 43.4 Å². The summed E-state index contributed by atoms with van der Waals surface area (Å²) < 4.78 is 3.20. The fourth-order valence-electron chi connectivity index (χ4n) is 9.05. The molecule has 0 aliphatic carbocycles. The second-order valence-electron chi connectivity index (χ2n) is 14.8. The van der Waals surface area contributed by atoms with Gasteiger partial charge in [0, 0.05) is 82.0 Å². The molecule has 52 heavy (non-hydrogen) atoms. The summed E-state index contributed by atoms with van der Waals surface area (Å²) >= 11 is 0. The molecule has 3 N–H and O–H groups in total. The fourth-order valence-corrected chi connectivity index (χ4v) is 9.05. The molecule has 8 aromatic rings. The molecule has 0 unspecified atom stereocenters. The quantitative estimate of drug-likeness (QED) is 0.158. The van der Waals surface area contributed by atoms with Gasteiger partial charge in [-0.05, 0) is 60.7 Å². The highest BCUT2D eigenvalue weighted by molar-refractivity contribution is 6.28. The molecule has 0 bridgehead atoms. The number of imidazole rings is 2. The molecule has 2 fully saturated rings. The number of hydrogen-bond donors (Lipinski definition) is 3. The minimum atomic E-state index is -0.259. The molecule has 0 saturated carbocycles. The van der Waals surface area contributed by atoms with Crippen molar-refractivity contribution in [3.63, 3.8) is 0 Å². The molecule has 10 rings (SSSR count). The molecule has 1 amide bonds. The summed E-state index contributed by atoms with van der Waals surface area (Å²) in [7, 11) is 0. The Morgan fingerprint density at radius 1 is 0.635 bits per heavy atom. The van der Waals surface area contributed by atoms with E-state index in [-0.39, 0.29) is 22.8 Å². The topological polar surface area (TPSA) is 124 Å². The minimum absolute atomic E-state index is 0.0748. The van der Waals surface area contributed by atoms with E-state index < -0.39 is 0 Å². The SMILES string of the molecule is O=C(CCC[NH+]1CCCC1)c1ccc2nc3c4ccc5c(=O)n6c7cc(C(=O)NCC[NH+]8CCCC8)ccc7nc6c6ccc(c(=O)n3c2c1)c4c56. The van der Waals surface area contributed by atoms with Crippen LogP contribution >= 0.6 is 0 Å². The number of aromatic nitrogens is 4. The maximum atomic E-state index is 14.3. The van der Waals surface area contributed by atoms with E-state index in [2.05, 4.69) is 5.32 Å². The summed E-state index contributed by atoms with van der Waals surface area (Å²) in [5, 5.41) is 6.83.